The smallest absolute Gasteiger partial charge is 0.322 e. The van der Waals surface area contributed by atoms with E-state index in [-0.39, 0.29) is 24.5 Å². The third-order valence-corrected chi connectivity index (χ3v) is 7.41. The average molecular weight is 640 g/mol. The molecule has 0 aliphatic carbocycles. The van der Waals surface area contributed by atoms with Gasteiger partial charge in [0, 0.05) is 12.8 Å². The topological polar surface area (TPSA) is 92.7 Å². The number of carboxylic acid groups (broad SMARTS) is 1. The second kappa shape index (κ2) is 34.7. The largest absolute Gasteiger partial charge is 0.480 e. The van der Waals surface area contributed by atoms with Gasteiger partial charge >= 0.3 is 11.9 Å². The SMILES string of the molecule is CC/C=C\C/C=C\C/C=C\C/C=C\C/C=C\C/C=C\CCC(=O)OC(CCCCCCCC)CCCCCCC(=O)NCC(=O)O. The summed E-state index contributed by atoms with van der Waals surface area (Å²) < 4.78 is 5.89. The van der Waals surface area contributed by atoms with Crippen molar-refractivity contribution in [1.82, 2.24) is 5.32 Å². The molecule has 0 saturated carbocycles. The Morgan fingerprint density at radius 1 is 0.587 bits per heavy atom. The van der Waals surface area contributed by atoms with Crippen molar-refractivity contribution in [3.05, 3.63) is 72.9 Å². The molecule has 0 aliphatic heterocycles. The first-order chi connectivity index (χ1) is 22.5. The number of nitrogens with one attached hydrogen (secondary N) is 1. The molecule has 2 N–H and O–H groups in total. The molecule has 0 rings (SSSR count). The molecule has 0 aliphatic rings. The minimum atomic E-state index is -1.03. The minimum absolute atomic E-state index is 0.0391. The highest BCUT2D eigenvalue weighted by atomic mass is 16.5. The van der Waals surface area contributed by atoms with E-state index in [1.165, 1.54) is 32.1 Å². The molecule has 0 saturated heterocycles. The third kappa shape index (κ3) is 33.7. The molecule has 0 aromatic rings. The molecule has 0 aromatic heterocycles. The van der Waals surface area contributed by atoms with Crippen LogP contribution in [0.1, 0.15) is 149 Å². The van der Waals surface area contributed by atoms with Crippen LogP contribution < -0.4 is 5.32 Å². The molecule has 0 spiro atoms. The van der Waals surface area contributed by atoms with Gasteiger partial charge in [0.05, 0.1) is 0 Å². The summed E-state index contributed by atoms with van der Waals surface area (Å²) in [5, 5.41) is 11.0. The molecular weight excluding hydrogens is 574 g/mol. The number of hydrogen-bond donors (Lipinski definition) is 2. The first kappa shape index (κ1) is 42.9. The molecule has 6 nitrogen and oxygen atoms in total. The number of carboxylic acids is 1. The predicted molar refractivity (Wildman–Crippen MR) is 194 cm³/mol. The fourth-order valence-corrected chi connectivity index (χ4v) is 4.77. The second-order valence-electron chi connectivity index (χ2n) is 11.7. The van der Waals surface area contributed by atoms with Crippen LogP contribution in [0, 0.1) is 0 Å². The highest BCUT2D eigenvalue weighted by Gasteiger charge is 2.14. The molecule has 1 amide bonds. The number of unbranched alkanes of at least 4 members (excludes halogenated alkanes) is 8. The van der Waals surface area contributed by atoms with E-state index in [4.69, 9.17) is 9.84 Å². The Morgan fingerprint density at radius 3 is 1.54 bits per heavy atom. The lowest BCUT2D eigenvalue weighted by atomic mass is 10.0. The number of aliphatic carboxylic acids is 1. The number of carbonyl (C=O) groups is 3. The minimum Gasteiger partial charge on any atom is -0.480 e. The number of ether oxygens (including phenoxy) is 1. The number of rotatable bonds is 31. The Bertz CT molecular complexity index is 928. The van der Waals surface area contributed by atoms with Gasteiger partial charge in [0.25, 0.3) is 0 Å². The molecule has 6 heteroatoms. The van der Waals surface area contributed by atoms with Gasteiger partial charge in [0.1, 0.15) is 12.6 Å². The van der Waals surface area contributed by atoms with Gasteiger partial charge in [-0.15, -0.1) is 0 Å². The van der Waals surface area contributed by atoms with Gasteiger partial charge in [-0.05, 0) is 77.0 Å². The second-order valence-corrected chi connectivity index (χ2v) is 11.7. The molecule has 0 fully saturated rings. The van der Waals surface area contributed by atoms with E-state index in [9.17, 15) is 14.4 Å². The Labute approximate surface area is 281 Å². The lowest BCUT2D eigenvalue weighted by Gasteiger charge is -2.18. The van der Waals surface area contributed by atoms with Crippen LogP contribution in [0.4, 0.5) is 0 Å². The van der Waals surface area contributed by atoms with Crippen molar-refractivity contribution in [3.63, 3.8) is 0 Å². The molecular formula is C40H65NO5. The standard InChI is InChI=1S/C40H65NO5/c1-3-5-7-9-11-12-13-14-15-16-17-18-19-20-21-22-23-25-31-35-40(45)46-37(32-28-24-10-8-6-4-2)33-29-26-27-30-34-38(42)41-36-39(43)44/h5,7,11-12,14-15,17-18,20-21,23,25,37H,3-4,6,8-10,13,16,19,22,24,26-36H2,1-2H3,(H,41,42)(H,43,44)/b7-5-,12-11-,15-14-,18-17-,21-20-,25-23-. The van der Waals surface area contributed by atoms with Crippen LogP contribution in [0.25, 0.3) is 0 Å². The van der Waals surface area contributed by atoms with Crippen molar-refractivity contribution >= 4 is 17.8 Å². The van der Waals surface area contributed by atoms with Crippen LogP contribution >= 0.6 is 0 Å². The summed E-state index contributed by atoms with van der Waals surface area (Å²) in [4.78, 5) is 34.7. The number of esters is 1. The van der Waals surface area contributed by atoms with Gasteiger partial charge in [-0.3, -0.25) is 14.4 Å². The van der Waals surface area contributed by atoms with Crippen molar-refractivity contribution in [2.75, 3.05) is 6.54 Å². The number of allylic oxidation sites excluding steroid dienone is 12. The summed E-state index contributed by atoms with van der Waals surface area (Å²) in [5.41, 5.74) is 0. The summed E-state index contributed by atoms with van der Waals surface area (Å²) in [6, 6.07) is 0. The van der Waals surface area contributed by atoms with Gasteiger partial charge in [-0.2, -0.15) is 0 Å². The van der Waals surface area contributed by atoms with Crippen LogP contribution in [0.2, 0.25) is 0 Å². The van der Waals surface area contributed by atoms with E-state index < -0.39 is 5.97 Å². The molecule has 0 bridgehead atoms. The van der Waals surface area contributed by atoms with Crippen molar-refractivity contribution in [2.24, 2.45) is 0 Å². The summed E-state index contributed by atoms with van der Waals surface area (Å²) in [6.45, 7) is 4.04. The van der Waals surface area contributed by atoms with Crippen LogP contribution in [0.15, 0.2) is 72.9 Å². The van der Waals surface area contributed by atoms with Crippen LogP contribution in [-0.2, 0) is 19.1 Å². The zero-order chi connectivity index (χ0) is 33.8. The van der Waals surface area contributed by atoms with Crippen LogP contribution in [-0.4, -0.2) is 35.6 Å². The molecule has 260 valence electrons. The lowest BCUT2D eigenvalue weighted by molar-refractivity contribution is -0.149. The third-order valence-electron chi connectivity index (χ3n) is 7.41. The fraction of sp³-hybridized carbons (Fsp3) is 0.625. The number of carbonyl (C=O) groups excluding carboxylic acids is 2. The average Bonchev–Trinajstić information content (AvgIpc) is 3.04. The van der Waals surface area contributed by atoms with Gasteiger partial charge in [0.15, 0.2) is 0 Å². The monoisotopic (exact) mass is 639 g/mol. The Kier molecular flexibility index (Phi) is 32.3. The molecule has 1 atom stereocenters. The van der Waals surface area contributed by atoms with Gasteiger partial charge in [-0.25, -0.2) is 0 Å². The van der Waals surface area contributed by atoms with E-state index >= 15 is 0 Å². The van der Waals surface area contributed by atoms with Crippen molar-refractivity contribution in [3.8, 4) is 0 Å². The lowest BCUT2D eigenvalue weighted by Crippen LogP contribution is -2.28. The number of amides is 1. The van der Waals surface area contributed by atoms with Gasteiger partial charge in [-0.1, -0.05) is 132 Å². The van der Waals surface area contributed by atoms with E-state index in [0.29, 0.717) is 19.3 Å². The zero-order valence-electron chi connectivity index (χ0n) is 29.1. The molecule has 0 radical (unpaired) electrons. The maximum Gasteiger partial charge on any atom is 0.322 e. The Hall–Kier alpha value is -3.15. The van der Waals surface area contributed by atoms with Gasteiger partial charge < -0.3 is 15.2 Å². The van der Waals surface area contributed by atoms with Crippen molar-refractivity contribution in [1.29, 1.82) is 0 Å². The maximum atomic E-state index is 12.6. The Balaban J connectivity index is 4.18. The first-order valence-electron chi connectivity index (χ1n) is 18.1. The van der Waals surface area contributed by atoms with E-state index in [1.54, 1.807) is 0 Å². The Morgan fingerprint density at radius 2 is 1.04 bits per heavy atom. The first-order valence-corrected chi connectivity index (χ1v) is 18.1. The van der Waals surface area contributed by atoms with E-state index in [0.717, 1.165) is 83.5 Å². The maximum absolute atomic E-state index is 12.6. The summed E-state index contributed by atoms with van der Waals surface area (Å²) in [7, 11) is 0. The fourth-order valence-electron chi connectivity index (χ4n) is 4.77. The van der Waals surface area contributed by atoms with E-state index in [2.05, 4.69) is 92.1 Å². The summed E-state index contributed by atoms with van der Waals surface area (Å²) in [6.07, 6.45) is 46.0. The highest BCUT2D eigenvalue weighted by molar-refractivity contribution is 5.80. The van der Waals surface area contributed by atoms with Crippen LogP contribution in [0.3, 0.4) is 0 Å². The zero-order valence-corrected chi connectivity index (χ0v) is 29.1. The number of hydrogen-bond acceptors (Lipinski definition) is 4. The molecule has 46 heavy (non-hydrogen) atoms. The normalized spacial score (nSPS) is 12.9. The highest BCUT2D eigenvalue weighted by Crippen LogP contribution is 2.17. The predicted octanol–water partition coefficient (Wildman–Crippen LogP) is 10.7. The molecule has 1 unspecified atom stereocenters. The molecule has 0 aromatic carbocycles. The molecule has 0 heterocycles. The van der Waals surface area contributed by atoms with Crippen molar-refractivity contribution in [2.45, 2.75) is 155 Å². The summed E-state index contributed by atoms with van der Waals surface area (Å²) >= 11 is 0. The quantitative estimate of drug-likeness (QED) is 0.0447. The van der Waals surface area contributed by atoms with Crippen molar-refractivity contribution < 1.29 is 24.2 Å². The van der Waals surface area contributed by atoms with E-state index in [1.807, 2.05) is 0 Å². The van der Waals surface area contributed by atoms with Gasteiger partial charge in [0.2, 0.25) is 5.91 Å². The summed E-state index contributed by atoms with van der Waals surface area (Å²) in [5.74, 6) is -1.37. The van der Waals surface area contributed by atoms with Crippen LogP contribution in [0.5, 0.6) is 0 Å².